The molecule has 0 aliphatic heterocycles. The molecule has 8 aromatic rings. The van der Waals surface area contributed by atoms with E-state index in [9.17, 15) is 0 Å². The number of para-hydroxylation sites is 1. The van der Waals surface area contributed by atoms with Gasteiger partial charge >= 0.3 is 0 Å². The number of hydrogen-bond donors (Lipinski definition) is 0. The van der Waals surface area contributed by atoms with Crippen molar-refractivity contribution in [3.63, 3.8) is 0 Å². The molecule has 1 radical (unpaired) electrons. The summed E-state index contributed by atoms with van der Waals surface area (Å²) < 4.78 is 5.89. The summed E-state index contributed by atoms with van der Waals surface area (Å²) in [7, 11) is -1.48. The fraction of sp³-hybridized carbons (Fsp3) is 0.149. The molecule has 0 fully saturated rings. The molecule has 3 aromatic heterocycles. The quantitative estimate of drug-likeness (QED) is 0.123. The van der Waals surface area contributed by atoms with E-state index in [1.165, 1.54) is 33.0 Å². The number of hydrogen-bond acceptors (Lipinski definition) is 3. The first kappa shape index (κ1) is 36.8. The second kappa shape index (κ2) is 15.8. The maximum absolute atomic E-state index is 5.89. The molecule has 0 bridgehead atoms. The number of rotatable bonds is 6. The van der Waals surface area contributed by atoms with E-state index in [1.807, 2.05) is 42.6 Å². The van der Waals surface area contributed by atoms with Gasteiger partial charge in [-0.25, -0.2) is 0 Å². The van der Waals surface area contributed by atoms with E-state index in [-0.39, 0.29) is 20.1 Å². The normalized spacial score (nSPS) is 11.8. The van der Waals surface area contributed by atoms with Crippen LogP contribution in [0, 0.1) is 26.0 Å². The Bertz CT molecular complexity index is 2430. The number of aromatic nitrogens is 2. The SMILES string of the molecule is Cc1c[c-]c(-c2cc(C(C)c3ccccc3)c([Si](C)(C)C)cn2)cc1.Cc1cc(-c2[c-]cc3oc4ccccc4c3c2)ncc1-c1ccccc1.[Ir]. The molecule has 8 rings (SSSR count). The van der Waals surface area contributed by atoms with Crippen LogP contribution in [0.4, 0.5) is 0 Å². The van der Waals surface area contributed by atoms with Crippen molar-refractivity contribution in [1.29, 1.82) is 0 Å². The van der Waals surface area contributed by atoms with Crippen molar-refractivity contribution in [1.82, 2.24) is 9.97 Å². The van der Waals surface area contributed by atoms with Gasteiger partial charge in [0.25, 0.3) is 0 Å². The summed E-state index contributed by atoms with van der Waals surface area (Å²) >= 11 is 0. The zero-order valence-corrected chi connectivity index (χ0v) is 33.9. The Morgan fingerprint density at radius 3 is 1.98 bits per heavy atom. The Balaban J connectivity index is 0.000000175. The standard InChI is InChI=1S/C24H16NO.C23H26NSi.Ir/c1-16-13-22(25-15-21(16)17-7-3-2-4-8-17)18-11-12-24-20(14-18)19-9-5-6-10-23(19)26-24;1-17-11-13-20(14-12-17)22-15-21(23(16-24-22)25(3,4)5)18(2)19-9-7-6-8-10-19;/h2-10,12-15H,1H3;6-13,15-16,18H,1-5H3;/q2*-1;. The second-order valence-electron chi connectivity index (χ2n) is 14.3. The molecular weight excluding hydrogens is 829 g/mol. The third-order valence-corrected chi connectivity index (χ3v) is 11.6. The fourth-order valence-corrected chi connectivity index (χ4v) is 8.23. The van der Waals surface area contributed by atoms with Crippen molar-refractivity contribution >= 4 is 35.2 Å². The number of fused-ring (bicyclic) bond motifs is 3. The largest absolute Gasteiger partial charge is 0.500 e. The van der Waals surface area contributed by atoms with Gasteiger partial charge < -0.3 is 14.4 Å². The number of nitrogens with zero attached hydrogens (tertiary/aromatic N) is 2. The zero-order chi connectivity index (χ0) is 35.5. The Kier molecular flexibility index (Phi) is 11.2. The first-order valence-electron chi connectivity index (χ1n) is 17.6. The van der Waals surface area contributed by atoms with Gasteiger partial charge in [-0.15, -0.1) is 59.2 Å². The third-order valence-electron chi connectivity index (χ3n) is 9.54. The smallest absolute Gasteiger partial charge is 0.120 e. The van der Waals surface area contributed by atoms with Crippen LogP contribution in [0.2, 0.25) is 19.6 Å². The summed E-state index contributed by atoms with van der Waals surface area (Å²) in [4.78, 5) is 9.48. The number of furan rings is 1. The van der Waals surface area contributed by atoms with Crippen LogP contribution < -0.4 is 5.19 Å². The summed E-state index contributed by atoms with van der Waals surface area (Å²) in [5, 5.41) is 3.66. The van der Waals surface area contributed by atoms with Gasteiger partial charge in [0.15, 0.2) is 0 Å². The summed E-state index contributed by atoms with van der Waals surface area (Å²) in [5.41, 5.74) is 13.3. The molecule has 1 unspecified atom stereocenters. The Morgan fingerprint density at radius 1 is 0.635 bits per heavy atom. The molecule has 0 N–H and O–H groups in total. The van der Waals surface area contributed by atoms with Gasteiger partial charge in [-0.1, -0.05) is 130 Å². The van der Waals surface area contributed by atoms with Crippen LogP contribution in [0.1, 0.15) is 35.1 Å². The molecule has 0 aliphatic rings. The Hall–Kier alpha value is -4.93. The molecular formula is C47H42IrN2OSi-2. The topological polar surface area (TPSA) is 38.9 Å². The van der Waals surface area contributed by atoms with Crippen molar-refractivity contribution in [3.05, 3.63) is 174 Å². The molecule has 3 heterocycles. The molecule has 1 atom stereocenters. The summed E-state index contributed by atoms with van der Waals surface area (Å²) in [6.07, 6.45) is 4.07. The van der Waals surface area contributed by atoms with Gasteiger partial charge in [0.05, 0.1) is 13.7 Å². The monoisotopic (exact) mass is 871 g/mol. The van der Waals surface area contributed by atoms with E-state index in [2.05, 4.69) is 150 Å². The molecule has 3 nitrogen and oxygen atoms in total. The van der Waals surface area contributed by atoms with Crippen LogP contribution >= 0.6 is 0 Å². The molecule has 261 valence electrons. The Morgan fingerprint density at radius 2 is 1.29 bits per heavy atom. The predicted molar refractivity (Wildman–Crippen MR) is 216 cm³/mol. The zero-order valence-electron chi connectivity index (χ0n) is 30.5. The van der Waals surface area contributed by atoms with Crippen LogP contribution in [0.3, 0.4) is 0 Å². The van der Waals surface area contributed by atoms with E-state index < -0.39 is 8.07 Å². The summed E-state index contributed by atoms with van der Waals surface area (Å²) in [5.74, 6) is 0.357. The van der Waals surface area contributed by atoms with Gasteiger partial charge in [0, 0.05) is 49.4 Å². The fourth-order valence-electron chi connectivity index (χ4n) is 6.63. The van der Waals surface area contributed by atoms with Crippen molar-refractivity contribution in [2.75, 3.05) is 0 Å². The minimum absolute atomic E-state index is 0. The summed E-state index contributed by atoms with van der Waals surface area (Å²) in [6, 6.07) is 50.6. The van der Waals surface area contributed by atoms with E-state index in [1.54, 1.807) is 0 Å². The van der Waals surface area contributed by atoms with E-state index in [4.69, 9.17) is 14.4 Å². The molecule has 5 aromatic carbocycles. The van der Waals surface area contributed by atoms with Gasteiger partial charge in [0.2, 0.25) is 0 Å². The predicted octanol–water partition coefficient (Wildman–Crippen LogP) is 12.0. The Labute approximate surface area is 322 Å². The van der Waals surface area contributed by atoms with E-state index in [0.29, 0.717) is 5.92 Å². The number of aryl methyl sites for hydroxylation is 2. The van der Waals surface area contributed by atoms with Crippen molar-refractivity contribution in [2.45, 2.75) is 46.3 Å². The maximum atomic E-state index is 5.89. The van der Waals surface area contributed by atoms with Crippen molar-refractivity contribution in [2.24, 2.45) is 0 Å². The minimum Gasteiger partial charge on any atom is -0.500 e. The first-order valence-corrected chi connectivity index (χ1v) is 21.1. The summed E-state index contributed by atoms with van der Waals surface area (Å²) in [6.45, 7) is 13.7. The van der Waals surface area contributed by atoms with Crippen LogP contribution in [-0.2, 0) is 20.1 Å². The maximum Gasteiger partial charge on any atom is 0.120 e. The molecule has 0 aliphatic carbocycles. The molecule has 0 amide bonds. The average molecular weight is 871 g/mol. The third kappa shape index (κ3) is 7.93. The van der Waals surface area contributed by atoms with Crippen molar-refractivity contribution in [3.8, 4) is 33.6 Å². The van der Waals surface area contributed by atoms with Crippen LogP contribution in [0.5, 0.6) is 0 Å². The van der Waals surface area contributed by atoms with Crippen molar-refractivity contribution < 1.29 is 24.5 Å². The van der Waals surface area contributed by atoms with Crippen LogP contribution in [0.25, 0.3) is 55.6 Å². The van der Waals surface area contributed by atoms with Gasteiger partial charge in [-0.05, 0) is 51.8 Å². The van der Waals surface area contributed by atoms with Gasteiger partial charge in [-0.3, -0.25) is 0 Å². The number of benzene rings is 5. The van der Waals surface area contributed by atoms with E-state index in [0.717, 1.165) is 50.0 Å². The second-order valence-corrected chi connectivity index (χ2v) is 19.3. The molecule has 0 saturated carbocycles. The molecule has 0 saturated heterocycles. The van der Waals surface area contributed by atoms with Gasteiger partial charge in [-0.2, -0.15) is 0 Å². The molecule has 0 spiro atoms. The average Bonchev–Trinajstić information content (AvgIpc) is 3.53. The first-order chi connectivity index (χ1) is 24.7. The minimum atomic E-state index is -1.48. The molecule has 5 heteroatoms. The molecule has 52 heavy (non-hydrogen) atoms. The van der Waals surface area contributed by atoms with Crippen LogP contribution in [0.15, 0.2) is 144 Å². The van der Waals surface area contributed by atoms with Gasteiger partial charge in [0.1, 0.15) is 5.58 Å². The number of pyridine rings is 2. The van der Waals surface area contributed by atoms with E-state index >= 15 is 0 Å². The van der Waals surface area contributed by atoms with Crippen LogP contribution in [-0.4, -0.2) is 18.0 Å².